The minimum atomic E-state index is -0.489. The van der Waals surface area contributed by atoms with Crippen LogP contribution in [-0.2, 0) is 30.7 Å². The van der Waals surface area contributed by atoms with E-state index in [4.69, 9.17) is 26.2 Å². The molecule has 7 rings (SSSR count). The van der Waals surface area contributed by atoms with Gasteiger partial charge in [-0.3, -0.25) is 9.58 Å². The standard InChI is InChI=1S/C35H37ClFN7O3S/c1-35(2,3)47-34(45)43-14-11-42(12-15-43)13-16-44-19-26-28(41-44)9-8-25-30-32(38-21-39-33(30)48-31(25)26)40-24-7-10-29(27(36)18-24)46-20-22-5-4-6-23(37)17-22/h4-7,10,17-19,21H,8-9,11-16,20H2,1-3H3,(H,38,39,40). The molecule has 5 aromatic rings. The molecule has 48 heavy (non-hydrogen) atoms. The van der Waals surface area contributed by atoms with Crippen LogP contribution in [0.5, 0.6) is 5.75 Å². The molecule has 0 radical (unpaired) electrons. The quantitative estimate of drug-likeness (QED) is 0.181. The average Bonchev–Trinajstić information content (AvgIpc) is 3.65. The second kappa shape index (κ2) is 13.3. The molecule has 0 bridgehead atoms. The van der Waals surface area contributed by atoms with Crippen molar-refractivity contribution in [2.24, 2.45) is 0 Å². The van der Waals surface area contributed by atoms with Crippen LogP contribution in [0.4, 0.5) is 20.7 Å². The van der Waals surface area contributed by atoms with Gasteiger partial charge in [0.05, 0.1) is 22.6 Å². The molecule has 10 nitrogen and oxygen atoms in total. The first-order chi connectivity index (χ1) is 23.1. The lowest BCUT2D eigenvalue weighted by Gasteiger charge is -2.35. The van der Waals surface area contributed by atoms with Gasteiger partial charge in [0, 0.05) is 55.0 Å². The van der Waals surface area contributed by atoms with Gasteiger partial charge in [0.15, 0.2) is 0 Å². The zero-order chi connectivity index (χ0) is 33.4. The maximum atomic E-state index is 13.5. The van der Waals surface area contributed by atoms with E-state index in [9.17, 15) is 9.18 Å². The van der Waals surface area contributed by atoms with Crippen LogP contribution in [0.2, 0.25) is 5.02 Å². The number of halogens is 2. The zero-order valence-electron chi connectivity index (χ0n) is 27.1. The summed E-state index contributed by atoms with van der Waals surface area (Å²) in [6.07, 6.45) is 5.18. The average molecular weight is 690 g/mol. The number of ether oxygens (including phenoxy) is 2. The number of carbonyl (C=O) groups is 1. The number of carbonyl (C=O) groups excluding carboxylic acids is 1. The molecule has 3 aromatic heterocycles. The number of aryl methyl sites for hydroxylation is 2. The second-order valence-corrected chi connectivity index (χ2v) is 14.5. The third-order valence-corrected chi connectivity index (χ3v) is 9.90. The van der Waals surface area contributed by atoms with Crippen LogP contribution in [0.15, 0.2) is 55.0 Å². The Kier molecular flexibility index (Phi) is 8.97. The molecule has 1 aliphatic heterocycles. The summed E-state index contributed by atoms with van der Waals surface area (Å²) in [6.45, 7) is 10.5. The summed E-state index contributed by atoms with van der Waals surface area (Å²) in [4.78, 5) is 27.9. The number of hydrogen-bond donors (Lipinski definition) is 1. The van der Waals surface area contributed by atoms with Gasteiger partial charge in [-0.15, -0.1) is 11.3 Å². The summed E-state index contributed by atoms with van der Waals surface area (Å²) in [6, 6.07) is 11.8. The smallest absolute Gasteiger partial charge is 0.410 e. The van der Waals surface area contributed by atoms with Gasteiger partial charge < -0.3 is 19.7 Å². The van der Waals surface area contributed by atoms with Crippen molar-refractivity contribution in [2.45, 2.75) is 52.4 Å². The molecule has 1 amide bonds. The molecule has 1 fully saturated rings. The van der Waals surface area contributed by atoms with Gasteiger partial charge in [0.25, 0.3) is 0 Å². The fourth-order valence-corrected chi connectivity index (χ4v) is 7.54. The molecule has 1 N–H and O–H groups in total. The van der Waals surface area contributed by atoms with Crippen LogP contribution >= 0.6 is 22.9 Å². The van der Waals surface area contributed by atoms with Crippen LogP contribution < -0.4 is 10.1 Å². The highest BCUT2D eigenvalue weighted by Crippen LogP contribution is 2.45. The van der Waals surface area contributed by atoms with Gasteiger partial charge in [-0.25, -0.2) is 19.2 Å². The van der Waals surface area contributed by atoms with Gasteiger partial charge in [0.1, 0.15) is 40.8 Å². The maximum absolute atomic E-state index is 13.5. The number of hydrogen-bond acceptors (Lipinski definition) is 9. The Morgan fingerprint density at radius 1 is 1.06 bits per heavy atom. The lowest BCUT2D eigenvalue weighted by atomic mass is 9.95. The van der Waals surface area contributed by atoms with E-state index < -0.39 is 5.60 Å². The fraction of sp³-hybridized carbons (Fsp3) is 0.371. The topological polar surface area (TPSA) is 97.6 Å². The number of benzene rings is 2. The summed E-state index contributed by atoms with van der Waals surface area (Å²) < 4.78 is 27.0. The van der Waals surface area contributed by atoms with Crippen molar-refractivity contribution in [2.75, 3.05) is 38.0 Å². The lowest BCUT2D eigenvalue weighted by Crippen LogP contribution is -2.50. The van der Waals surface area contributed by atoms with Crippen molar-refractivity contribution >= 4 is 50.8 Å². The number of anilines is 2. The highest BCUT2D eigenvalue weighted by atomic mass is 35.5. The zero-order valence-corrected chi connectivity index (χ0v) is 28.7. The first-order valence-electron chi connectivity index (χ1n) is 16.1. The molecule has 1 saturated heterocycles. The number of nitrogens with one attached hydrogen (secondary N) is 1. The Morgan fingerprint density at radius 2 is 1.90 bits per heavy atom. The molecular formula is C35H37ClFN7O3S. The third kappa shape index (κ3) is 7.11. The monoisotopic (exact) mass is 689 g/mol. The van der Waals surface area contributed by atoms with Crippen LogP contribution in [-0.4, -0.2) is 74.0 Å². The van der Waals surface area contributed by atoms with E-state index in [2.05, 4.69) is 31.1 Å². The first kappa shape index (κ1) is 32.3. The molecule has 2 aromatic carbocycles. The molecule has 0 spiro atoms. The van der Waals surface area contributed by atoms with Crippen LogP contribution in [0.25, 0.3) is 20.7 Å². The number of thiophene rings is 1. The first-order valence-corrected chi connectivity index (χ1v) is 17.3. The summed E-state index contributed by atoms with van der Waals surface area (Å²) in [5, 5.41) is 9.85. The highest BCUT2D eigenvalue weighted by molar-refractivity contribution is 7.22. The largest absolute Gasteiger partial charge is 0.487 e. The van der Waals surface area contributed by atoms with E-state index in [1.165, 1.54) is 22.6 Å². The minimum Gasteiger partial charge on any atom is -0.487 e. The molecule has 1 aliphatic carbocycles. The van der Waals surface area contributed by atoms with Gasteiger partial charge >= 0.3 is 6.09 Å². The lowest BCUT2D eigenvalue weighted by molar-refractivity contribution is 0.0142. The Balaban J connectivity index is 1.01. The van der Waals surface area contributed by atoms with Gasteiger partial charge in [-0.2, -0.15) is 5.10 Å². The number of nitrogens with zero attached hydrogens (tertiary/aromatic N) is 6. The van der Waals surface area contributed by atoms with Crippen molar-refractivity contribution in [1.82, 2.24) is 29.5 Å². The van der Waals surface area contributed by atoms with E-state index in [1.807, 2.05) is 32.9 Å². The van der Waals surface area contributed by atoms with Gasteiger partial charge in [0.2, 0.25) is 0 Å². The molecule has 4 heterocycles. The van der Waals surface area contributed by atoms with Crippen LogP contribution in [0, 0.1) is 5.82 Å². The van der Waals surface area contributed by atoms with Crippen molar-refractivity contribution < 1.29 is 18.7 Å². The molecule has 0 unspecified atom stereocenters. The summed E-state index contributed by atoms with van der Waals surface area (Å²) >= 11 is 8.24. The number of rotatable bonds is 8. The van der Waals surface area contributed by atoms with E-state index in [1.54, 1.807) is 40.8 Å². The fourth-order valence-electron chi connectivity index (χ4n) is 6.08. The molecule has 0 saturated carbocycles. The summed E-state index contributed by atoms with van der Waals surface area (Å²) in [7, 11) is 0. The summed E-state index contributed by atoms with van der Waals surface area (Å²) in [5.41, 5.74) is 4.49. The molecule has 0 atom stereocenters. The Hall–Kier alpha value is -4.26. The Bertz CT molecular complexity index is 1970. The molecular weight excluding hydrogens is 653 g/mol. The SMILES string of the molecule is CC(C)(C)OC(=O)N1CCN(CCn2cc3c(n2)CCc2c-3sc3ncnc(Nc4ccc(OCc5cccc(F)c5)c(Cl)c4)c23)CC1. The second-order valence-electron chi connectivity index (χ2n) is 13.1. The predicted octanol–water partition coefficient (Wildman–Crippen LogP) is 7.32. The van der Waals surface area contributed by atoms with Gasteiger partial charge in [-0.05, 0) is 75.1 Å². The molecule has 2 aliphatic rings. The number of aromatic nitrogens is 4. The Morgan fingerprint density at radius 3 is 2.67 bits per heavy atom. The van der Waals surface area contributed by atoms with Crippen molar-refractivity contribution in [1.29, 1.82) is 0 Å². The van der Waals surface area contributed by atoms with Crippen molar-refractivity contribution in [3.63, 3.8) is 0 Å². The number of piperazine rings is 1. The van der Waals surface area contributed by atoms with Crippen molar-refractivity contribution in [3.8, 4) is 16.2 Å². The van der Waals surface area contributed by atoms with Crippen molar-refractivity contribution in [3.05, 3.63) is 82.6 Å². The van der Waals surface area contributed by atoms with E-state index in [0.717, 1.165) is 77.6 Å². The molecule has 250 valence electrons. The normalized spacial score (nSPS) is 14.9. The predicted molar refractivity (Wildman–Crippen MR) is 186 cm³/mol. The third-order valence-electron chi connectivity index (χ3n) is 8.43. The number of amides is 1. The molecule has 13 heteroatoms. The van der Waals surface area contributed by atoms with E-state index >= 15 is 0 Å². The minimum absolute atomic E-state index is 0.212. The van der Waals surface area contributed by atoms with Crippen LogP contribution in [0.1, 0.15) is 37.6 Å². The maximum Gasteiger partial charge on any atom is 0.410 e. The number of fused-ring (bicyclic) bond motifs is 5. The van der Waals surface area contributed by atoms with E-state index in [0.29, 0.717) is 23.9 Å². The highest BCUT2D eigenvalue weighted by Gasteiger charge is 2.28. The Labute approximate surface area is 287 Å². The van der Waals surface area contributed by atoms with Gasteiger partial charge in [-0.1, -0.05) is 23.7 Å². The van der Waals surface area contributed by atoms with Crippen LogP contribution in [0.3, 0.4) is 0 Å². The summed E-state index contributed by atoms with van der Waals surface area (Å²) in [5.74, 6) is 0.936. The van der Waals surface area contributed by atoms with E-state index in [-0.39, 0.29) is 18.5 Å².